The summed E-state index contributed by atoms with van der Waals surface area (Å²) in [6, 6.07) is 7.14. The number of halogens is 1. The van der Waals surface area contributed by atoms with Crippen LogP contribution in [0.5, 0.6) is 0 Å². The van der Waals surface area contributed by atoms with Crippen LogP contribution in [0.1, 0.15) is 19.8 Å². The van der Waals surface area contributed by atoms with Gasteiger partial charge < -0.3 is 0 Å². The van der Waals surface area contributed by atoms with Crippen molar-refractivity contribution in [3.8, 4) is 0 Å². The molecule has 0 heterocycles. The van der Waals surface area contributed by atoms with Gasteiger partial charge in [-0.2, -0.15) is 0 Å². The van der Waals surface area contributed by atoms with Gasteiger partial charge in [-0.1, -0.05) is 39.5 Å². The highest BCUT2D eigenvalue weighted by Crippen LogP contribution is 2.31. The van der Waals surface area contributed by atoms with Crippen LogP contribution >= 0.6 is 7.92 Å². The topological polar surface area (TPSA) is 0 Å². The predicted molar refractivity (Wildman–Crippen MR) is 58.7 cm³/mol. The zero-order valence-corrected chi connectivity index (χ0v) is 9.15. The summed E-state index contributed by atoms with van der Waals surface area (Å²) in [5, 5.41) is 0.922. The normalized spacial score (nSPS) is 12.8. The van der Waals surface area contributed by atoms with E-state index in [-0.39, 0.29) is 13.7 Å². The second-order valence-electron chi connectivity index (χ2n) is 3.23. The highest BCUT2D eigenvalue weighted by atomic mass is 31.1. The molecule has 1 aromatic rings. The average Bonchev–Trinajstić information content (AvgIpc) is 2.15. The van der Waals surface area contributed by atoms with Gasteiger partial charge in [-0.05, 0) is 25.3 Å². The lowest BCUT2D eigenvalue weighted by molar-refractivity contribution is 0.636. The molecule has 1 atom stereocenters. The highest BCUT2D eigenvalue weighted by Gasteiger charge is 2.08. The molecule has 0 amide bonds. The largest absolute Gasteiger partial charge is 0.206 e. The molecule has 0 aliphatic heterocycles. The molecule has 0 spiro atoms. The van der Waals surface area contributed by atoms with Gasteiger partial charge in [0.1, 0.15) is 5.82 Å². The Labute approximate surface area is 80.9 Å². The van der Waals surface area contributed by atoms with Crippen molar-refractivity contribution >= 4 is 13.2 Å². The summed E-state index contributed by atoms with van der Waals surface area (Å²) in [6.07, 6.45) is 3.55. The monoisotopic (exact) mass is 198 g/mol. The molecule has 13 heavy (non-hydrogen) atoms. The van der Waals surface area contributed by atoms with Crippen LogP contribution in [-0.4, -0.2) is 12.8 Å². The fourth-order valence-electron chi connectivity index (χ4n) is 1.28. The van der Waals surface area contributed by atoms with Crippen molar-refractivity contribution in [2.45, 2.75) is 19.8 Å². The molecule has 72 valence electrons. The van der Waals surface area contributed by atoms with E-state index in [9.17, 15) is 4.39 Å². The van der Waals surface area contributed by atoms with Crippen LogP contribution in [0.15, 0.2) is 24.3 Å². The van der Waals surface area contributed by atoms with Gasteiger partial charge in [0.05, 0.1) is 0 Å². The summed E-state index contributed by atoms with van der Waals surface area (Å²) in [7, 11) is -0.277. The minimum absolute atomic E-state index is 0.0350. The smallest absolute Gasteiger partial charge is 0.130 e. The molecule has 0 fully saturated rings. The zero-order valence-electron chi connectivity index (χ0n) is 8.26. The van der Waals surface area contributed by atoms with Crippen LogP contribution in [0.3, 0.4) is 0 Å². The van der Waals surface area contributed by atoms with E-state index in [0.717, 1.165) is 11.5 Å². The van der Waals surface area contributed by atoms with Crippen molar-refractivity contribution in [1.29, 1.82) is 0 Å². The standard InChI is InChI=1S/C11H16FP/c1-3-4-9-13(2)11-8-6-5-7-10(11)12/h5-8H,3-4,9H2,1-2H3. The van der Waals surface area contributed by atoms with E-state index < -0.39 is 0 Å². The van der Waals surface area contributed by atoms with E-state index in [2.05, 4.69) is 13.6 Å². The molecular weight excluding hydrogens is 182 g/mol. The Bertz CT molecular complexity index is 260. The first-order valence-electron chi connectivity index (χ1n) is 4.71. The molecule has 0 aliphatic rings. The van der Waals surface area contributed by atoms with Crippen molar-refractivity contribution in [2.75, 3.05) is 12.8 Å². The number of benzene rings is 1. The Balaban J connectivity index is 2.65. The number of unbranched alkanes of at least 4 members (excludes halogenated alkanes) is 1. The van der Waals surface area contributed by atoms with E-state index >= 15 is 0 Å². The van der Waals surface area contributed by atoms with Crippen molar-refractivity contribution in [3.63, 3.8) is 0 Å². The van der Waals surface area contributed by atoms with Gasteiger partial charge in [0.25, 0.3) is 0 Å². The van der Waals surface area contributed by atoms with Crippen LogP contribution in [0.4, 0.5) is 4.39 Å². The van der Waals surface area contributed by atoms with Crippen molar-refractivity contribution in [3.05, 3.63) is 30.1 Å². The van der Waals surface area contributed by atoms with Gasteiger partial charge in [-0.15, -0.1) is 0 Å². The maximum atomic E-state index is 13.3. The van der Waals surface area contributed by atoms with Gasteiger partial charge in [0.2, 0.25) is 0 Å². The quantitative estimate of drug-likeness (QED) is 0.651. The SMILES string of the molecule is CCCCP(C)c1ccccc1F. The Morgan fingerprint density at radius 1 is 1.31 bits per heavy atom. The Morgan fingerprint density at radius 3 is 2.62 bits per heavy atom. The second-order valence-corrected chi connectivity index (χ2v) is 5.55. The Hall–Kier alpha value is -0.420. The zero-order chi connectivity index (χ0) is 9.68. The maximum absolute atomic E-state index is 13.3. The second kappa shape index (κ2) is 5.34. The van der Waals surface area contributed by atoms with Crippen LogP contribution in [0.2, 0.25) is 0 Å². The molecule has 0 saturated heterocycles. The molecule has 0 N–H and O–H groups in total. The molecule has 0 aromatic heterocycles. The van der Waals surface area contributed by atoms with Crippen molar-refractivity contribution in [2.24, 2.45) is 0 Å². The summed E-state index contributed by atoms with van der Waals surface area (Å²) in [6.45, 7) is 4.33. The Morgan fingerprint density at radius 2 is 2.00 bits per heavy atom. The average molecular weight is 198 g/mol. The lowest BCUT2D eigenvalue weighted by atomic mass is 10.3. The number of hydrogen-bond donors (Lipinski definition) is 0. The van der Waals surface area contributed by atoms with E-state index in [4.69, 9.17) is 0 Å². The van der Waals surface area contributed by atoms with Crippen LogP contribution in [-0.2, 0) is 0 Å². The summed E-state index contributed by atoms with van der Waals surface area (Å²) >= 11 is 0. The van der Waals surface area contributed by atoms with Gasteiger partial charge in [0.15, 0.2) is 0 Å². The van der Waals surface area contributed by atoms with Gasteiger partial charge >= 0.3 is 0 Å². The number of hydrogen-bond acceptors (Lipinski definition) is 0. The van der Waals surface area contributed by atoms with Crippen LogP contribution in [0.25, 0.3) is 0 Å². The van der Waals surface area contributed by atoms with Gasteiger partial charge in [0, 0.05) is 5.30 Å². The fourth-order valence-corrected chi connectivity index (χ4v) is 3.09. The molecule has 0 aliphatic carbocycles. The van der Waals surface area contributed by atoms with Crippen molar-refractivity contribution in [1.82, 2.24) is 0 Å². The van der Waals surface area contributed by atoms with Gasteiger partial charge in [-0.25, -0.2) is 4.39 Å². The minimum atomic E-state index is -0.277. The first-order valence-corrected chi connectivity index (χ1v) is 6.68. The maximum Gasteiger partial charge on any atom is 0.130 e. The van der Waals surface area contributed by atoms with E-state index in [1.807, 2.05) is 12.1 Å². The molecule has 2 heteroatoms. The molecular formula is C11H16FP. The van der Waals surface area contributed by atoms with E-state index in [0.29, 0.717) is 0 Å². The third-order valence-corrected chi connectivity index (χ3v) is 4.28. The minimum Gasteiger partial charge on any atom is -0.206 e. The fraction of sp³-hybridized carbons (Fsp3) is 0.455. The van der Waals surface area contributed by atoms with Gasteiger partial charge in [-0.3, -0.25) is 0 Å². The molecule has 1 rings (SSSR count). The summed E-state index contributed by atoms with van der Waals surface area (Å²) in [5.41, 5.74) is 0. The van der Waals surface area contributed by atoms with Crippen molar-refractivity contribution < 1.29 is 4.39 Å². The van der Waals surface area contributed by atoms with E-state index in [1.165, 1.54) is 12.8 Å². The lowest BCUT2D eigenvalue weighted by Crippen LogP contribution is -2.07. The summed E-state index contributed by atoms with van der Waals surface area (Å²) < 4.78 is 13.3. The first-order chi connectivity index (χ1) is 6.25. The molecule has 0 radical (unpaired) electrons. The molecule has 1 unspecified atom stereocenters. The lowest BCUT2D eigenvalue weighted by Gasteiger charge is -2.12. The Kier molecular flexibility index (Phi) is 4.38. The van der Waals surface area contributed by atoms with Crippen LogP contribution < -0.4 is 5.30 Å². The molecule has 1 aromatic carbocycles. The highest BCUT2D eigenvalue weighted by molar-refractivity contribution is 7.64. The molecule has 0 bridgehead atoms. The summed E-state index contributed by atoms with van der Waals surface area (Å²) in [4.78, 5) is 0. The number of rotatable bonds is 4. The third-order valence-electron chi connectivity index (χ3n) is 2.11. The predicted octanol–water partition coefficient (Wildman–Crippen LogP) is 3.36. The molecule has 0 nitrogen and oxygen atoms in total. The van der Waals surface area contributed by atoms with E-state index in [1.54, 1.807) is 12.1 Å². The first kappa shape index (κ1) is 10.7. The molecule has 0 saturated carbocycles. The van der Waals surface area contributed by atoms with Crippen LogP contribution in [0, 0.1) is 5.82 Å². The summed E-state index contributed by atoms with van der Waals surface area (Å²) in [5.74, 6) is -0.0350. The third kappa shape index (κ3) is 3.08.